The van der Waals surface area contributed by atoms with Crippen LogP contribution in [-0.2, 0) is 10.8 Å². The molecule has 0 fully saturated rings. The molecule has 16 aromatic rings. The van der Waals surface area contributed by atoms with Gasteiger partial charge in [0.2, 0.25) is 0 Å². The van der Waals surface area contributed by atoms with E-state index in [1.54, 1.807) is 0 Å². The van der Waals surface area contributed by atoms with Crippen molar-refractivity contribution in [1.82, 2.24) is 0 Å². The molecule has 16 aromatic carbocycles. The molecule has 0 amide bonds. The summed E-state index contributed by atoms with van der Waals surface area (Å²) in [5.41, 5.74) is 30.6. The molecule has 4 aliphatic carbocycles. The van der Waals surface area contributed by atoms with Crippen LogP contribution in [0.4, 0.5) is 17.1 Å². The maximum Gasteiger partial charge on any atom is 0.0725 e. The molecule has 1 heteroatoms. The Labute approximate surface area is 528 Å². The fraction of sp³-hybridized carbons (Fsp3) is 0.0222. The molecule has 0 saturated carbocycles. The monoisotopic (exact) mass is 1150 g/mol. The standard InChI is InChI=1S/C90H55N/c1-4-26-56(27-5-1)87-74-55-76-75(54-73(74)61-32-10-13-41-72(61)88(87)91(59-28-6-2-7-29-59)60-30-8-3-9-31-60)85(57-48-50-68-66-37-18-24-46-81(66)89(83(68)52-57)77-42-20-14-33-62(77)63-34-15-21-43-78(63)89)70-39-11-12-40-71(70)86(76)58-49-51-69-67-38-19-25-47-82(67)90(84(69)53-58)79-44-22-16-35-64(79)65-36-17-23-45-80(65)90/h1-55H. The van der Waals surface area contributed by atoms with Crippen LogP contribution in [0.5, 0.6) is 0 Å². The molecule has 0 saturated heterocycles. The zero-order chi connectivity index (χ0) is 59.5. The van der Waals surface area contributed by atoms with Gasteiger partial charge in [-0.3, -0.25) is 0 Å². The number of hydrogen-bond donors (Lipinski definition) is 0. The van der Waals surface area contributed by atoms with Gasteiger partial charge in [-0.25, -0.2) is 0 Å². The number of para-hydroxylation sites is 2. The number of fused-ring (bicyclic) bond motifs is 25. The van der Waals surface area contributed by atoms with Crippen LogP contribution in [0.2, 0.25) is 0 Å². The molecule has 4 aliphatic rings. The molecule has 91 heavy (non-hydrogen) atoms. The van der Waals surface area contributed by atoms with E-state index in [0.29, 0.717) is 0 Å². The van der Waals surface area contributed by atoms with E-state index in [4.69, 9.17) is 0 Å². The average Bonchev–Trinajstić information content (AvgIpc) is 1.57. The number of benzene rings is 16. The number of anilines is 3. The molecule has 0 aliphatic heterocycles. The predicted molar refractivity (Wildman–Crippen MR) is 380 cm³/mol. The fourth-order valence-electron chi connectivity index (χ4n) is 17.7. The first-order valence-electron chi connectivity index (χ1n) is 31.9. The van der Waals surface area contributed by atoms with Crippen molar-refractivity contribution in [1.29, 1.82) is 0 Å². The van der Waals surface area contributed by atoms with Gasteiger partial charge in [0.15, 0.2) is 0 Å². The van der Waals surface area contributed by atoms with Crippen LogP contribution in [0, 0.1) is 0 Å². The molecule has 1 nitrogen and oxygen atoms in total. The summed E-state index contributed by atoms with van der Waals surface area (Å²) < 4.78 is 0. The van der Waals surface area contributed by atoms with E-state index in [2.05, 4.69) is 339 Å². The third-order valence-corrected chi connectivity index (χ3v) is 21.0. The van der Waals surface area contributed by atoms with Crippen LogP contribution in [0.3, 0.4) is 0 Å². The summed E-state index contributed by atoms with van der Waals surface area (Å²) in [4.78, 5) is 2.49. The lowest BCUT2D eigenvalue weighted by Crippen LogP contribution is -2.25. The minimum Gasteiger partial charge on any atom is -0.309 e. The highest BCUT2D eigenvalue weighted by atomic mass is 15.1. The van der Waals surface area contributed by atoms with Crippen LogP contribution in [0.15, 0.2) is 334 Å². The van der Waals surface area contributed by atoms with E-state index in [0.717, 1.165) is 22.6 Å². The highest BCUT2D eigenvalue weighted by Crippen LogP contribution is 2.66. The lowest BCUT2D eigenvalue weighted by molar-refractivity contribution is 0.794. The second-order valence-corrected chi connectivity index (χ2v) is 25.2. The summed E-state index contributed by atoms with van der Waals surface area (Å²) in [5.74, 6) is 0. The summed E-state index contributed by atoms with van der Waals surface area (Å²) in [7, 11) is 0. The van der Waals surface area contributed by atoms with Gasteiger partial charge in [-0.15, -0.1) is 0 Å². The van der Waals surface area contributed by atoms with Gasteiger partial charge in [0.25, 0.3) is 0 Å². The summed E-state index contributed by atoms with van der Waals surface area (Å²) in [5, 5.41) is 9.64. The van der Waals surface area contributed by atoms with Crippen LogP contribution in [-0.4, -0.2) is 0 Å². The highest BCUT2D eigenvalue weighted by molar-refractivity contribution is 6.30. The van der Waals surface area contributed by atoms with Crippen molar-refractivity contribution in [2.75, 3.05) is 4.90 Å². The van der Waals surface area contributed by atoms with Gasteiger partial charge in [0, 0.05) is 22.3 Å². The second kappa shape index (κ2) is 18.9. The first-order chi connectivity index (χ1) is 45.2. The van der Waals surface area contributed by atoms with E-state index in [-0.39, 0.29) is 0 Å². The Morgan fingerprint density at radius 2 is 0.473 bits per heavy atom. The molecule has 20 rings (SSSR count). The van der Waals surface area contributed by atoms with E-state index in [1.807, 2.05) is 0 Å². The molecule has 0 heterocycles. The Bertz CT molecular complexity index is 5610. The Morgan fingerprint density at radius 3 is 0.868 bits per heavy atom. The fourth-order valence-corrected chi connectivity index (χ4v) is 17.7. The summed E-state index contributed by atoms with van der Waals surface area (Å²) >= 11 is 0. The largest absolute Gasteiger partial charge is 0.309 e. The third kappa shape index (κ3) is 6.64. The van der Waals surface area contributed by atoms with E-state index < -0.39 is 10.8 Å². The van der Waals surface area contributed by atoms with Crippen molar-refractivity contribution in [3.8, 4) is 77.9 Å². The highest BCUT2D eigenvalue weighted by Gasteiger charge is 2.53. The van der Waals surface area contributed by atoms with Crippen LogP contribution >= 0.6 is 0 Å². The van der Waals surface area contributed by atoms with Crippen molar-refractivity contribution in [3.05, 3.63) is 378 Å². The number of hydrogen-bond acceptors (Lipinski definition) is 1. The second-order valence-electron chi connectivity index (χ2n) is 25.2. The number of rotatable bonds is 6. The van der Waals surface area contributed by atoms with Gasteiger partial charge < -0.3 is 4.90 Å². The zero-order valence-electron chi connectivity index (χ0n) is 49.7. The molecule has 0 aromatic heterocycles. The van der Waals surface area contributed by atoms with Gasteiger partial charge in [-0.2, -0.15) is 0 Å². The van der Waals surface area contributed by atoms with E-state index in [1.165, 1.54) is 160 Å². The van der Waals surface area contributed by atoms with Crippen LogP contribution in [0.25, 0.3) is 121 Å². The smallest absolute Gasteiger partial charge is 0.0725 e. The first-order valence-corrected chi connectivity index (χ1v) is 31.9. The van der Waals surface area contributed by atoms with Gasteiger partial charge in [-0.05, 0) is 203 Å². The van der Waals surface area contributed by atoms with Crippen molar-refractivity contribution in [3.63, 3.8) is 0 Å². The quantitative estimate of drug-likeness (QED) is 0.118. The average molecular weight is 1150 g/mol. The Kier molecular flexibility index (Phi) is 10.5. The molecule has 420 valence electrons. The van der Waals surface area contributed by atoms with E-state index in [9.17, 15) is 0 Å². The van der Waals surface area contributed by atoms with Gasteiger partial charge >= 0.3 is 0 Å². The lowest BCUT2D eigenvalue weighted by atomic mass is 9.70. The van der Waals surface area contributed by atoms with E-state index >= 15 is 0 Å². The maximum absolute atomic E-state index is 2.61. The van der Waals surface area contributed by atoms with Crippen molar-refractivity contribution in [2.24, 2.45) is 0 Å². The molecule has 2 spiro atoms. The maximum atomic E-state index is 2.61. The van der Waals surface area contributed by atoms with Gasteiger partial charge in [0.1, 0.15) is 0 Å². The molecular formula is C90H55N. The minimum atomic E-state index is -0.518. The Balaban J connectivity index is 0.949. The van der Waals surface area contributed by atoms with Crippen molar-refractivity contribution < 1.29 is 0 Å². The Morgan fingerprint density at radius 1 is 0.176 bits per heavy atom. The summed E-state index contributed by atoms with van der Waals surface area (Å²) in [6.45, 7) is 0. The SMILES string of the molecule is c1ccc(-c2c(N(c3ccccc3)c3ccccc3)c3ccccc3c3cc4c(-c5ccc6c(c5)C5(c7ccccc7-c7ccccc75)c5ccccc5-6)c5ccccc5c(-c5ccc6c(c5)C5(c7ccccc7-c7ccccc75)c5ccccc5-6)c4cc23)cc1. The van der Waals surface area contributed by atoms with Crippen molar-refractivity contribution >= 4 is 60.2 Å². The normalized spacial score (nSPS) is 13.7. The van der Waals surface area contributed by atoms with Crippen LogP contribution in [0.1, 0.15) is 44.5 Å². The predicted octanol–water partition coefficient (Wildman–Crippen LogP) is 23.5. The molecule has 0 radical (unpaired) electrons. The minimum absolute atomic E-state index is 0.511. The first kappa shape index (κ1) is 50.4. The summed E-state index contributed by atoms with van der Waals surface area (Å²) in [6, 6.07) is 127. The number of nitrogens with zero attached hydrogens (tertiary/aromatic N) is 1. The third-order valence-electron chi connectivity index (χ3n) is 21.0. The van der Waals surface area contributed by atoms with Gasteiger partial charge in [0.05, 0.1) is 16.5 Å². The zero-order valence-corrected chi connectivity index (χ0v) is 49.7. The molecule has 0 atom stereocenters. The molecular weight excluding hydrogens is 1090 g/mol. The molecule has 0 unspecified atom stereocenters. The van der Waals surface area contributed by atoms with Gasteiger partial charge in [-0.1, -0.05) is 285 Å². The summed E-state index contributed by atoms with van der Waals surface area (Å²) in [6.07, 6.45) is 0. The van der Waals surface area contributed by atoms with Crippen molar-refractivity contribution in [2.45, 2.75) is 10.8 Å². The topological polar surface area (TPSA) is 3.24 Å². The van der Waals surface area contributed by atoms with Crippen LogP contribution < -0.4 is 4.90 Å². The molecule has 0 bridgehead atoms. The molecule has 0 N–H and O–H groups in total. The Hall–Kier alpha value is -11.6. The lowest BCUT2D eigenvalue weighted by Gasteiger charge is -2.31.